The summed E-state index contributed by atoms with van der Waals surface area (Å²) >= 11 is 0. The van der Waals surface area contributed by atoms with Crippen molar-refractivity contribution in [2.24, 2.45) is 0 Å². The fourth-order valence-electron chi connectivity index (χ4n) is 0.858. The Bertz CT molecular complexity index is 151. The van der Waals surface area contributed by atoms with Crippen molar-refractivity contribution in [3.05, 3.63) is 0 Å². The van der Waals surface area contributed by atoms with Crippen molar-refractivity contribution < 1.29 is 5.11 Å². The van der Waals surface area contributed by atoms with Gasteiger partial charge in [-0.15, -0.1) is 6.42 Å². The summed E-state index contributed by atoms with van der Waals surface area (Å²) in [5.74, 6) is 2.54. The zero-order chi connectivity index (χ0) is 9.56. The molecule has 3 heteroatoms. The van der Waals surface area contributed by atoms with Crippen molar-refractivity contribution in [2.75, 3.05) is 27.2 Å². The highest BCUT2D eigenvalue weighted by Crippen LogP contribution is 1.85. The van der Waals surface area contributed by atoms with Crippen molar-refractivity contribution in [3.63, 3.8) is 0 Å². The van der Waals surface area contributed by atoms with Gasteiger partial charge in [-0.3, -0.25) is 0 Å². The average Bonchev–Trinajstić information content (AvgIpc) is 1.99. The number of aliphatic hydroxyl groups is 1. The van der Waals surface area contributed by atoms with Gasteiger partial charge in [0.2, 0.25) is 0 Å². The van der Waals surface area contributed by atoms with Crippen LogP contribution in [0.3, 0.4) is 0 Å². The van der Waals surface area contributed by atoms with Crippen molar-refractivity contribution in [2.45, 2.75) is 19.1 Å². The lowest BCUT2D eigenvalue weighted by Crippen LogP contribution is -2.38. The molecule has 0 aliphatic heterocycles. The van der Waals surface area contributed by atoms with Gasteiger partial charge in [0.1, 0.15) is 0 Å². The fraction of sp³-hybridized carbons (Fsp3) is 0.778. The Labute approximate surface area is 74.8 Å². The second kappa shape index (κ2) is 6.01. The van der Waals surface area contributed by atoms with E-state index in [1.54, 1.807) is 0 Å². The van der Waals surface area contributed by atoms with E-state index >= 15 is 0 Å². The third-order valence-electron chi connectivity index (χ3n) is 1.49. The van der Waals surface area contributed by atoms with Gasteiger partial charge in [0.25, 0.3) is 0 Å². The van der Waals surface area contributed by atoms with Crippen LogP contribution in [0.2, 0.25) is 0 Å². The van der Waals surface area contributed by atoms with E-state index in [4.69, 9.17) is 6.42 Å². The minimum Gasteiger partial charge on any atom is -0.390 e. The van der Waals surface area contributed by atoms with E-state index in [1.807, 2.05) is 25.9 Å². The molecule has 70 valence electrons. The highest BCUT2D eigenvalue weighted by molar-refractivity contribution is 4.95. The number of aliphatic hydroxyl groups excluding tert-OH is 1. The van der Waals surface area contributed by atoms with E-state index in [0.29, 0.717) is 13.1 Å². The SMILES string of the molecule is C#CC(C)NCC(O)CN(C)C. The third-order valence-corrected chi connectivity index (χ3v) is 1.49. The molecule has 2 unspecified atom stereocenters. The maximum Gasteiger partial charge on any atom is 0.0791 e. The second-order valence-corrected chi connectivity index (χ2v) is 3.21. The smallest absolute Gasteiger partial charge is 0.0791 e. The first kappa shape index (κ1) is 11.4. The summed E-state index contributed by atoms with van der Waals surface area (Å²) in [5, 5.41) is 12.4. The van der Waals surface area contributed by atoms with Crippen LogP contribution < -0.4 is 5.32 Å². The van der Waals surface area contributed by atoms with Crippen LogP contribution in [0, 0.1) is 12.3 Å². The largest absolute Gasteiger partial charge is 0.390 e. The Balaban J connectivity index is 3.45. The Morgan fingerprint density at radius 2 is 2.17 bits per heavy atom. The summed E-state index contributed by atoms with van der Waals surface area (Å²) in [6, 6.07) is 0.0295. The quantitative estimate of drug-likeness (QED) is 0.547. The first-order valence-corrected chi connectivity index (χ1v) is 4.08. The molecule has 0 aliphatic carbocycles. The molecule has 2 atom stereocenters. The molecule has 0 aromatic rings. The molecule has 0 spiro atoms. The average molecular weight is 170 g/mol. The maximum absolute atomic E-state index is 9.39. The Kier molecular flexibility index (Phi) is 5.73. The highest BCUT2D eigenvalue weighted by Gasteiger charge is 2.05. The van der Waals surface area contributed by atoms with Gasteiger partial charge in [0.05, 0.1) is 12.1 Å². The Morgan fingerprint density at radius 3 is 2.58 bits per heavy atom. The normalized spacial score (nSPS) is 15.7. The molecule has 12 heavy (non-hydrogen) atoms. The monoisotopic (exact) mass is 170 g/mol. The van der Waals surface area contributed by atoms with Gasteiger partial charge in [-0.1, -0.05) is 5.92 Å². The molecule has 0 fully saturated rings. The maximum atomic E-state index is 9.39. The predicted octanol–water partition coefficient (Wildman–Crippen LogP) is -0.480. The van der Waals surface area contributed by atoms with E-state index in [0.717, 1.165) is 0 Å². The minimum atomic E-state index is -0.351. The molecule has 0 saturated carbocycles. The van der Waals surface area contributed by atoms with Gasteiger partial charge >= 0.3 is 0 Å². The summed E-state index contributed by atoms with van der Waals surface area (Å²) < 4.78 is 0. The summed E-state index contributed by atoms with van der Waals surface area (Å²) in [5.41, 5.74) is 0. The fourth-order valence-corrected chi connectivity index (χ4v) is 0.858. The molecule has 0 aromatic carbocycles. The van der Waals surface area contributed by atoms with E-state index in [1.165, 1.54) is 0 Å². The molecule has 0 aliphatic rings. The molecule has 0 amide bonds. The lowest BCUT2D eigenvalue weighted by Gasteiger charge is -2.17. The molecule has 0 saturated heterocycles. The van der Waals surface area contributed by atoms with Crippen LogP contribution >= 0.6 is 0 Å². The van der Waals surface area contributed by atoms with Crippen molar-refractivity contribution >= 4 is 0 Å². The number of hydrogen-bond donors (Lipinski definition) is 2. The number of rotatable bonds is 5. The number of nitrogens with zero attached hydrogens (tertiary/aromatic N) is 1. The predicted molar refractivity (Wildman–Crippen MR) is 50.9 cm³/mol. The molecule has 3 nitrogen and oxygen atoms in total. The molecular formula is C9H18N2O. The summed E-state index contributed by atoms with van der Waals surface area (Å²) in [4.78, 5) is 1.94. The molecule has 0 radical (unpaired) electrons. The lowest BCUT2D eigenvalue weighted by molar-refractivity contribution is 0.134. The van der Waals surface area contributed by atoms with Gasteiger partial charge in [0, 0.05) is 13.1 Å². The number of hydrogen-bond acceptors (Lipinski definition) is 3. The molecule has 0 aromatic heterocycles. The molecule has 2 N–H and O–H groups in total. The van der Waals surface area contributed by atoms with Crippen LogP contribution in [0.1, 0.15) is 6.92 Å². The lowest BCUT2D eigenvalue weighted by atomic mass is 10.3. The van der Waals surface area contributed by atoms with E-state index < -0.39 is 0 Å². The minimum absolute atomic E-state index is 0.0295. The first-order chi connectivity index (χ1) is 5.56. The van der Waals surface area contributed by atoms with Gasteiger partial charge in [-0.05, 0) is 21.0 Å². The highest BCUT2D eigenvalue weighted by atomic mass is 16.3. The topological polar surface area (TPSA) is 35.5 Å². The van der Waals surface area contributed by atoms with Crippen molar-refractivity contribution in [1.82, 2.24) is 10.2 Å². The van der Waals surface area contributed by atoms with E-state index in [2.05, 4.69) is 11.2 Å². The molecular weight excluding hydrogens is 152 g/mol. The number of nitrogens with one attached hydrogen (secondary N) is 1. The molecule has 0 rings (SSSR count). The van der Waals surface area contributed by atoms with Gasteiger partial charge in [-0.25, -0.2) is 0 Å². The van der Waals surface area contributed by atoms with Crippen LogP contribution in [0.5, 0.6) is 0 Å². The third kappa shape index (κ3) is 6.17. The van der Waals surface area contributed by atoms with Gasteiger partial charge < -0.3 is 15.3 Å². The Morgan fingerprint density at radius 1 is 1.58 bits per heavy atom. The first-order valence-electron chi connectivity index (χ1n) is 4.08. The second-order valence-electron chi connectivity index (χ2n) is 3.21. The zero-order valence-corrected chi connectivity index (χ0v) is 8.04. The van der Waals surface area contributed by atoms with Crippen molar-refractivity contribution in [1.29, 1.82) is 0 Å². The number of likely N-dealkylation sites (N-methyl/N-ethyl adjacent to an activating group) is 1. The van der Waals surface area contributed by atoms with Gasteiger partial charge in [0.15, 0.2) is 0 Å². The van der Waals surface area contributed by atoms with E-state index in [-0.39, 0.29) is 12.1 Å². The Hall–Kier alpha value is -0.560. The summed E-state index contributed by atoms with van der Waals surface area (Å²) in [6.45, 7) is 3.09. The summed E-state index contributed by atoms with van der Waals surface area (Å²) in [7, 11) is 3.85. The van der Waals surface area contributed by atoms with E-state index in [9.17, 15) is 5.11 Å². The van der Waals surface area contributed by atoms with Crippen LogP contribution in [0.4, 0.5) is 0 Å². The zero-order valence-electron chi connectivity index (χ0n) is 8.04. The summed E-state index contributed by atoms with van der Waals surface area (Å²) in [6.07, 6.45) is 4.80. The van der Waals surface area contributed by atoms with Crippen LogP contribution in [0.15, 0.2) is 0 Å². The number of terminal acetylenes is 1. The van der Waals surface area contributed by atoms with Gasteiger partial charge in [-0.2, -0.15) is 0 Å². The van der Waals surface area contributed by atoms with Crippen LogP contribution in [-0.2, 0) is 0 Å². The molecule has 0 heterocycles. The van der Waals surface area contributed by atoms with Crippen LogP contribution in [0.25, 0.3) is 0 Å². The van der Waals surface area contributed by atoms with Crippen LogP contribution in [-0.4, -0.2) is 49.3 Å². The molecule has 0 bridgehead atoms. The van der Waals surface area contributed by atoms with Crippen molar-refractivity contribution in [3.8, 4) is 12.3 Å². The standard InChI is InChI=1S/C9H18N2O/c1-5-8(2)10-6-9(12)7-11(3)4/h1,8-10,12H,6-7H2,2-4H3.